The van der Waals surface area contributed by atoms with E-state index in [0.29, 0.717) is 12.3 Å². The molecule has 6 nitrogen and oxygen atoms in total. The molecule has 0 spiro atoms. The second-order valence-corrected chi connectivity index (χ2v) is 13.4. The summed E-state index contributed by atoms with van der Waals surface area (Å²) in [6, 6.07) is 8.93. The number of carbonyl (C=O) groups excluding carboxylic acids is 2. The number of rotatable bonds is 19. The third-order valence-electron chi connectivity index (χ3n) is 9.81. The van der Waals surface area contributed by atoms with Crippen molar-refractivity contribution in [2.75, 3.05) is 33.5 Å². The predicted octanol–water partition coefficient (Wildman–Crippen LogP) is 8.29. The molecule has 1 N–H and O–H groups in total. The number of unbranched alkanes of at least 4 members (excludes halogenated alkanes) is 2. The molecule has 0 aromatic heterocycles. The van der Waals surface area contributed by atoms with Crippen LogP contribution in [0.25, 0.3) is 0 Å². The lowest BCUT2D eigenvalue weighted by atomic mass is 9.76. The van der Waals surface area contributed by atoms with Gasteiger partial charge in [0.05, 0.1) is 37.6 Å². The summed E-state index contributed by atoms with van der Waals surface area (Å²) in [7, 11) is 1.49. The highest BCUT2D eigenvalue weighted by atomic mass is 16.5. The highest BCUT2D eigenvalue weighted by Crippen LogP contribution is 2.38. The molecule has 3 rings (SSSR count). The molecule has 1 atom stereocenters. The first kappa shape index (κ1) is 36.8. The summed E-state index contributed by atoms with van der Waals surface area (Å²) >= 11 is 0. The monoisotopic (exact) mass is 622 g/mol. The van der Waals surface area contributed by atoms with Gasteiger partial charge in [0.1, 0.15) is 0 Å². The minimum absolute atomic E-state index is 0.00438. The van der Waals surface area contributed by atoms with E-state index in [9.17, 15) is 9.59 Å². The molecule has 0 saturated heterocycles. The smallest absolute Gasteiger partial charge is 0.335 e. The zero-order valence-corrected chi connectivity index (χ0v) is 28.0. The number of allylic oxidation sites excluding steroid dienone is 2. The van der Waals surface area contributed by atoms with Gasteiger partial charge in [-0.25, -0.2) is 9.59 Å². The van der Waals surface area contributed by atoms with Crippen LogP contribution in [0.3, 0.4) is 0 Å². The van der Waals surface area contributed by atoms with Crippen molar-refractivity contribution in [2.24, 2.45) is 23.7 Å². The highest BCUT2D eigenvalue weighted by Gasteiger charge is 2.23. The fourth-order valence-electron chi connectivity index (χ4n) is 6.74. The largest absolute Gasteiger partial charge is 0.462 e. The second-order valence-electron chi connectivity index (χ2n) is 13.4. The van der Waals surface area contributed by atoms with Gasteiger partial charge in [-0.3, -0.25) is 0 Å². The van der Waals surface area contributed by atoms with Crippen LogP contribution in [0.5, 0.6) is 0 Å². The normalized spacial score (nSPS) is 22.6. The Morgan fingerprint density at radius 1 is 0.867 bits per heavy atom. The first-order valence-corrected chi connectivity index (χ1v) is 17.4. The second kappa shape index (κ2) is 20.4. The molecule has 0 heterocycles. The lowest BCUT2D eigenvalue weighted by molar-refractivity contribution is -0.144. The summed E-state index contributed by atoms with van der Waals surface area (Å²) in [5.74, 6) is 1.74. The molecular formula is C39H58O6. The zero-order valence-electron chi connectivity index (χ0n) is 28.0. The van der Waals surface area contributed by atoms with E-state index in [-0.39, 0.29) is 36.9 Å². The van der Waals surface area contributed by atoms with Gasteiger partial charge in [0.2, 0.25) is 0 Å². The Bertz CT molecular complexity index is 1070. The van der Waals surface area contributed by atoms with Gasteiger partial charge in [0, 0.05) is 13.0 Å². The van der Waals surface area contributed by atoms with Gasteiger partial charge < -0.3 is 19.3 Å². The quantitative estimate of drug-likeness (QED) is 0.0724. The topological polar surface area (TPSA) is 82.1 Å². The number of aliphatic hydroxyl groups is 1. The van der Waals surface area contributed by atoms with E-state index in [1.165, 1.54) is 95.3 Å². The number of aliphatic hydroxyl groups excluding tert-OH is 1. The summed E-state index contributed by atoms with van der Waals surface area (Å²) in [6.45, 7) is 9.30. The van der Waals surface area contributed by atoms with Crippen LogP contribution in [0.4, 0.5) is 0 Å². The number of aryl methyl sites for hydroxylation is 1. The maximum absolute atomic E-state index is 12.2. The molecule has 2 aliphatic carbocycles. The van der Waals surface area contributed by atoms with E-state index in [2.05, 4.69) is 56.5 Å². The molecule has 2 aliphatic rings. The van der Waals surface area contributed by atoms with Crippen molar-refractivity contribution in [3.05, 3.63) is 71.8 Å². The van der Waals surface area contributed by atoms with E-state index in [1.54, 1.807) is 0 Å². The van der Waals surface area contributed by atoms with Crippen molar-refractivity contribution in [2.45, 2.75) is 103 Å². The van der Waals surface area contributed by atoms with Gasteiger partial charge in [0.15, 0.2) is 0 Å². The van der Waals surface area contributed by atoms with Crippen LogP contribution in [-0.4, -0.2) is 50.6 Å². The Kier molecular flexibility index (Phi) is 16.7. The van der Waals surface area contributed by atoms with Crippen molar-refractivity contribution < 1.29 is 28.9 Å². The van der Waals surface area contributed by atoms with E-state index in [4.69, 9.17) is 19.3 Å². The lowest BCUT2D eigenvalue weighted by Crippen LogP contribution is -2.23. The Morgan fingerprint density at radius 3 is 2.00 bits per heavy atom. The number of hydrogen-bond donors (Lipinski definition) is 1. The number of benzene rings is 1. The molecule has 250 valence electrons. The lowest BCUT2D eigenvalue weighted by Gasteiger charge is -2.29. The van der Waals surface area contributed by atoms with Gasteiger partial charge in [-0.1, -0.05) is 82.2 Å². The summed E-state index contributed by atoms with van der Waals surface area (Å²) in [4.78, 5) is 24.2. The molecule has 0 amide bonds. The van der Waals surface area contributed by atoms with E-state index >= 15 is 0 Å². The van der Waals surface area contributed by atoms with Crippen molar-refractivity contribution in [1.82, 2.24) is 0 Å². The molecule has 2 fully saturated rings. The molecule has 1 aromatic rings. The number of hydrogen-bond acceptors (Lipinski definition) is 6. The van der Waals surface area contributed by atoms with Gasteiger partial charge in [-0.2, -0.15) is 0 Å². The van der Waals surface area contributed by atoms with Crippen LogP contribution >= 0.6 is 0 Å². The van der Waals surface area contributed by atoms with Crippen LogP contribution < -0.4 is 0 Å². The fourth-order valence-corrected chi connectivity index (χ4v) is 6.74. The maximum Gasteiger partial charge on any atom is 0.335 e. The van der Waals surface area contributed by atoms with Crippen LogP contribution in [0, 0.1) is 23.7 Å². The van der Waals surface area contributed by atoms with Gasteiger partial charge in [-0.15, -0.1) is 0 Å². The van der Waals surface area contributed by atoms with E-state index in [0.717, 1.165) is 24.2 Å². The summed E-state index contributed by atoms with van der Waals surface area (Å²) in [5.41, 5.74) is 2.84. The number of carbonyl (C=O) groups is 2. The van der Waals surface area contributed by atoms with Gasteiger partial charge >= 0.3 is 11.9 Å². The van der Waals surface area contributed by atoms with Crippen LogP contribution in [0.1, 0.15) is 107 Å². The molecule has 1 unspecified atom stereocenters. The Hall–Kier alpha value is -2.70. The van der Waals surface area contributed by atoms with Crippen molar-refractivity contribution in [3.63, 3.8) is 0 Å². The highest BCUT2D eigenvalue weighted by molar-refractivity contribution is 5.88. The van der Waals surface area contributed by atoms with Crippen LogP contribution in [0.2, 0.25) is 0 Å². The van der Waals surface area contributed by atoms with Crippen molar-refractivity contribution >= 4 is 11.9 Å². The Labute approximate surface area is 272 Å². The van der Waals surface area contributed by atoms with Gasteiger partial charge in [-0.05, 0) is 99.0 Å². The van der Waals surface area contributed by atoms with E-state index in [1.807, 2.05) is 0 Å². The van der Waals surface area contributed by atoms with Crippen molar-refractivity contribution in [3.8, 4) is 0 Å². The number of ether oxygens (including phenoxy) is 3. The average Bonchev–Trinajstić information content (AvgIpc) is 3.07. The van der Waals surface area contributed by atoms with E-state index < -0.39 is 18.5 Å². The third-order valence-corrected chi connectivity index (χ3v) is 9.81. The maximum atomic E-state index is 12.2. The van der Waals surface area contributed by atoms with Gasteiger partial charge in [0.25, 0.3) is 0 Å². The molecule has 0 aliphatic heterocycles. The zero-order chi connectivity index (χ0) is 32.4. The summed E-state index contributed by atoms with van der Waals surface area (Å²) < 4.78 is 15.7. The third kappa shape index (κ3) is 13.3. The summed E-state index contributed by atoms with van der Waals surface area (Å²) in [5, 5.41) is 9.15. The molecule has 1 aromatic carbocycles. The number of esters is 2. The first-order valence-electron chi connectivity index (χ1n) is 17.4. The SMILES string of the molecule is C=C(CO)C(=O)OCC(CCc1ccc(C2CCC(/C=C/C3CCC(CCCCC)CC3)CC2)cc1)COC(=O)C(=C)COC. The Balaban J connectivity index is 1.42. The minimum Gasteiger partial charge on any atom is -0.462 e. The standard InChI is InChI=1S/C39H58O6/c1-5-6-7-8-31-9-11-32(12-10-31)13-14-33-17-21-36(22-18-33)37-23-19-34(20-24-37)15-16-35(27-44-38(41)29(2)25-40)28-45-39(42)30(3)26-43-4/h13-14,19-20,23-24,31-33,35-36,40H,2-3,5-12,15-18,21-22,25-28H2,1,4H3/b14-13+. The molecule has 0 bridgehead atoms. The molecule has 6 heteroatoms. The predicted molar refractivity (Wildman–Crippen MR) is 181 cm³/mol. The Morgan fingerprint density at radius 2 is 1.44 bits per heavy atom. The fraction of sp³-hybridized carbons (Fsp3) is 0.641. The molecular weight excluding hydrogens is 564 g/mol. The first-order chi connectivity index (χ1) is 21.8. The number of methoxy groups -OCH3 is 1. The van der Waals surface area contributed by atoms with Crippen LogP contribution in [0.15, 0.2) is 60.7 Å². The molecule has 2 saturated carbocycles. The minimum atomic E-state index is -0.646. The molecule has 45 heavy (non-hydrogen) atoms. The molecule has 0 radical (unpaired) electrons. The van der Waals surface area contributed by atoms with Crippen LogP contribution in [-0.2, 0) is 30.2 Å². The average molecular weight is 623 g/mol. The summed E-state index contributed by atoms with van der Waals surface area (Å²) in [6.07, 6.45) is 22.8. The van der Waals surface area contributed by atoms with Crippen molar-refractivity contribution in [1.29, 1.82) is 0 Å².